The van der Waals surface area contributed by atoms with Crippen molar-refractivity contribution in [3.63, 3.8) is 0 Å². The van der Waals surface area contributed by atoms with Gasteiger partial charge in [0.05, 0.1) is 25.1 Å². The van der Waals surface area contributed by atoms with Gasteiger partial charge in [-0.05, 0) is 43.2 Å². The number of phenols is 1. The third-order valence-electron chi connectivity index (χ3n) is 3.94. The van der Waals surface area contributed by atoms with Gasteiger partial charge in [-0.1, -0.05) is 0 Å². The minimum absolute atomic E-state index is 0.171. The molecule has 20 heavy (non-hydrogen) atoms. The zero-order valence-corrected chi connectivity index (χ0v) is 12.0. The lowest BCUT2D eigenvalue weighted by Crippen LogP contribution is -1.92. The molecule has 0 radical (unpaired) electrons. The lowest BCUT2D eigenvalue weighted by molar-refractivity contribution is 0.373. The molecule has 3 rings (SSSR count). The molecule has 0 saturated carbocycles. The Morgan fingerprint density at radius 3 is 2.45 bits per heavy atom. The van der Waals surface area contributed by atoms with Crippen LogP contribution in [0.4, 0.5) is 0 Å². The summed E-state index contributed by atoms with van der Waals surface area (Å²) in [5, 5.41) is 12.2. The van der Waals surface area contributed by atoms with E-state index in [0.717, 1.165) is 38.7 Å². The molecule has 3 aromatic rings. The predicted molar refractivity (Wildman–Crippen MR) is 80.0 cm³/mol. The second-order valence-corrected chi connectivity index (χ2v) is 4.92. The van der Waals surface area contributed by atoms with Crippen molar-refractivity contribution in [2.75, 3.05) is 14.2 Å². The number of ether oxygens (including phenoxy) is 2. The fourth-order valence-electron chi connectivity index (χ4n) is 2.72. The van der Waals surface area contributed by atoms with Gasteiger partial charge in [0.1, 0.15) is 5.75 Å². The Balaban J connectivity index is 2.53. The summed E-state index contributed by atoms with van der Waals surface area (Å²) in [4.78, 5) is 3.36. The molecule has 1 aromatic heterocycles. The minimum Gasteiger partial charge on any atom is -0.504 e. The van der Waals surface area contributed by atoms with Crippen molar-refractivity contribution in [2.45, 2.75) is 13.8 Å². The van der Waals surface area contributed by atoms with Gasteiger partial charge in [0.2, 0.25) is 0 Å². The minimum atomic E-state index is 0.171. The summed E-state index contributed by atoms with van der Waals surface area (Å²) in [7, 11) is 3.20. The van der Waals surface area contributed by atoms with Crippen molar-refractivity contribution in [1.29, 1.82) is 0 Å². The van der Waals surface area contributed by atoms with E-state index < -0.39 is 0 Å². The van der Waals surface area contributed by atoms with Crippen molar-refractivity contribution in [3.05, 3.63) is 29.3 Å². The second-order valence-electron chi connectivity index (χ2n) is 4.92. The highest BCUT2D eigenvalue weighted by molar-refractivity contribution is 6.13. The fraction of sp³-hybridized carbons (Fsp3) is 0.250. The predicted octanol–water partition coefficient (Wildman–Crippen LogP) is 3.66. The summed E-state index contributed by atoms with van der Waals surface area (Å²) < 4.78 is 10.6. The van der Waals surface area contributed by atoms with Crippen LogP contribution >= 0.6 is 0 Å². The van der Waals surface area contributed by atoms with Crippen LogP contribution in [0.3, 0.4) is 0 Å². The average Bonchev–Trinajstić information content (AvgIpc) is 2.84. The lowest BCUT2D eigenvalue weighted by Gasteiger charge is -2.11. The molecule has 0 aliphatic rings. The largest absolute Gasteiger partial charge is 0.504 e. The Labute approximate surface area is 116 Å². The Kier molecular flexibility index (Phi) is 2.74. The highest BCUT2D eigenvalue weighted by Gasteiger charge is 2.19. The average molecular weight is 271 g/mol. The van der Waals surface area contributed by atoms with E-state index in [1.54, 1.807) is 14.2 Å². The second kappa shape index (κ2) is 4.34. The van der Waals surface area contributed by atoms with Gasteiger partial charge in [0, 0.05) is 10.9 Å². The lowest BCUT2D eigenvalue weighted by atomic mass is 10.0. The molecule has 0 bridgehead atoms. The number of benzene rings is 2. The number of rotatable bonds is 2. The van der Waals surface area contributed by atoms with Crippen LogP contribution < -0.4 is 9.47 Å². The molecule has 0 atom stereocenters. The molecule has 0 aliphatic carbocycles. The number of aromatic amines is 1. The number of hydrogen-bond acceptors (Lipinski definition) is 3. The number of methoxy groups -OCH3 is 2. The van der Waals surface area contributed by atoms with E-state index >= 15 is 0 Å². The highest BCUT2D eigenvalue weighted by atomic mass is 16.5. The number of nitrogens with one attached hydrogen (secondary N) is 1. The number of hydrogen-bond donors (Lipinski definition) is 2. The summed E-state index contributed by atoms with van der Waals surface area (Å²) in [6.07, 6.45) is 0. The molecule has 0 amide bonds. The maximum absolute atomic E-state index is 10.5. The molecule has 4 nitrogen and oxygen atoms in total. The van der Waals surface area contributed by atoms with Crippen molar-refractivity contribution in [1.82, 2.24) is 4.98 Å². The maximum atomic E-state index is 10.5. The van der Waals surface area contributed by atoms with Crippen LogP contribution in [0.5, 0.6) is 17.2 Å². The van der Waals surface area contributed by atoms with Crippen LogP contribution in [0.1, 0.15) is 11.1 Å². The zero-order chi connectivity index (χ0) is 14.4. The smallest absolute Gasteiger partial charge is 0.168 e. The number of phenolic OH excluding ortho intramolecular Hbond substituents is 1. The first kappa shape index (κ1) is 12.7. The SMILES string of the molecule is COc1ccc2[nH]c3c(C)c(C)c(OC)c(O)c3c2c1. The first-order chi connectivity index (χ1) is 9.58. The quantitative estimate of drug-likeness (QED) is 0.748. The molecule has 0 unspecified atom stereocenters. The third-order valence-corrected chi connectivity index (χ3v) is 3.94. The number of aromatic hydroxyl groups is 1. The van der Waals surface area contributed by atoms with Gasteiger partial charge in [-0.25, -0.2) is 0 Å². The first-order valence-electron chi connectivity index (χ1n) is 6.44. The monoisotopic (exact) mass is 271 g/mol. The van der Waals surface area contributed by atoms with Crippen LogP contribution in [0.2, 0.25) is 0 Å². The van der Waals surface area contributed by atoms with Gasteiger partial charge >= 0.3 is 0 Å². The summed E-state index contributed by atoms with van der Waals surface area (Å²) in [6.45, 7) is 3.96. The van der Waals surface area contributed by atoms with Crippen LogP contribution in [0.15, 0.2) is 18.2 Å². The van der Waals surface area contributed by atoms with Gasteiger partial charge < -0.3 is 19.6 Å². The van der Waals surface area contributed by atoms with Crippen molar-refractivity contribution < 1.29 is 14.6 Å². The summed E-state index contributed by atoms with van der Waals surface area (Å²) in [6, 6.07) is 5.77. The van der Waals surface area contributed by atoms with E-state index in [2.05, 4.69) is 4.98 Å². The molecule has 2 aromatic carbocycles. The van der Waals surface area contributed by atoms with Gasteiger partial charge in [0.15, 0.2) is 11.5 Å². The van der Waals surface area contributed by atoms with Crippen LogP contribution in [-0.2, 0) is 0 Å². The zero-order valence-electron chi connectivity index (χ0n) is 12.0. The Morgan fingerprint density at radius 2 is 1.80 bits per heavy atom. The maximum Gasteiger partial charge on any atom is 0.168 e. The Morgan fingerprint density at radius 1 is 1.05 bits per heavy atom. The van der Waals surface area contributed by atoms with Crippen LogP contribution in [-0.4, -0.2) is 24.3 Å². The van der Waals surface area contributed by atoms with E-state index in [4.69, 9.17) is 9.47 Å². The van der Waals surface area contributed by atoms with Crippen molar-refractivity contribution in [2.24, 2.45) is 0 Å². The van der Waals surface area contributed by atoms with Gasteiger partial charge in [0.25, 0.3) is 0 Å². The van der Waals surface area contributed by atoms with Crippen LogP contribution in [0.25, 0.3) is 21.8 Å². The Bertz CT molecular complexity index is 818. The topological polar surface area (TPSA) is 54.5 Å². The van der Waals surface area contributed by atoms with E-state index in [-0.39, 0.29) is 5.75 Å². The normalized spacial score (nSPS) is 11.2. The fourth-order valence-corrected chi connectivity index (χ4v) is 2.72. The molecular weight excluding hydrogens is 254 g/mol. The molecule has 0 spiro atoms. The molecule has 1 heterocycles. The van der Waals surface area contributed by atoms with E-state index in [0.29, 0.717) is 5.75 Å². The first-order valence-corrected chi connectivity index (χ1v) is 6.44. The number of aryl methyl sites for hydroxylation is 1. The van der Waals surface area contributed by atoms with Crippen molar-refractivity contribution >= 4 is 21.8 Å². The molecule has 0 fully saturated rings. The Hall–Kier alpha value is -2.36. The summed E-state index contributed by atoms with van der Waals surface area (Å²) >= 11 is 0. The molecule has 4 heteroatoms. The summed E-state index contributed by atoms with van der Waals surface area (Å²) in [5.74, 6) is 1.46. The number of aromatic nitrogens is 1. The third kappa shape index (κ3) is 1.54. The van der Waals surface area contributed by atoms with Crippen molar-refractivity contribution in [3.8, 4) is 17.2 Å². The van der Waals surface area contributed by atoms with E-state index in [9.17, 15) is 5.11 Å². The van der Waals surface area contributed by atoms with Gasteiger partial charge in [-0.3, -0.25) is 0 Å². The van der Waals surface area contributed by atoms with Gasteiger partial charge in [-0.2, -0.15) is 0 Å². The van der Waals surface area contributed by atoms with Gasteiger partial charge in [-0.15, -0.1) is 0 Å². The van der Waals surface area contributed by atoms with E-state index in [1.807, 2.05) is 32.0 Å². The number of fused-ring (bicyclic) bond motifs is 3. The highest BCUT2D eigenvalue weighted by Crippen LogP contribution is 2.44. The molecule has 0 aliphatic heterocycles. The van der Waals surface area contributed by atoms with E-state index in [1.165, 1.54) is 0 Å². The van der Waals surface area contributed by atoms with Crippen LogP contribution in [0, 0.1) is 13.8 Å². The summed E-state index contributed by atoms with van der Waals surface area (Å²) in [5.41, 5.74) is 3.91. The molecule has 104 valence electrons. The molecular formula is C16H17NO3. The molecule has 0 saturated heterocycles. The molecule has 2 N–H and O–H groups in total. The standard InChI is InChI=1S/C16H17NO3/c1-8-9(2)16(20-4)15(18)13-11-7-10(19-3)5-6-12(11)17-14(8)13/h5-7,17-18H,1-4H3. The number of H-pyrrole nitrogens is 1.